The van der Waals surface area contributed by atoms with Crippen molar-refractivity contribution >= 4 is 11.0 Å². The molecule has 1 fully saturated rings. The predicted molar refractivity (Wildman–Crippen MR) is 77.2 cm³/mol. The normalized spacial score (nSPS) is 33.4. The van der Waals surface area contributed by atoms with E-state index >= 15 is 0 Å². The van der Waals surface area contributed by atoms with E-state index in [2.05, 4.69) is 4.98 Å². The van der Waals surface area contributed by atoms with E-state index in [-0.39, 0.29) is 6.73 Å². The van der Waals surface area contributed by atoms with Gasteiger partial charge >= 0.3 is 0 Å². The minimum Gasteiger partial charge on any atom is -0.389 e. The highest BCUT2D eigenvalue weighted by Crippen LogP contribution is 2.22. The number of nitrogens with two attached hydrogens (primary N) is 2. The Morgan fingerprint density at radius 3 is 2.76 bits per heavy atom. The second-order valence-electron chi connectivity index (χ2n) is 5.51. The van der Waals surface area contributed by atoms with E-state index < -0.39 is 30.4 Å². The third kappa shape index (κ3) is 2.66. The van der Waals surface area contributed by atoms with Crippen LogP contribution >= 0.6 is 0 Å². The minimum atomic E-state index is -1.08. The third-order valence-corrected chi connectivity index (χ3v) is 4.02. The maximum atomic E-state index is 10.1. The SMILES string of the molecule is N[C@@H]1C[C@H](N)[C@@H](OCn2cnc3ccccc32)[C@H](O)[C@H]1O. The molecule has 2 aromatic rings. The molecule has 0 bridgehead atoms. The van der Waals surface area contributed by atoms with Crippen molar-refractivity contribution in [3.63, 3.8) is 0 Å². The van der Waals surface area contributed by atoms with Crippen molar-refractivity contribution in [2.24, 2.45) is 11.5 Å². The quantitative estimate of drug-likeness (QED) is 0.585. The molecule has 0 aliphatic heterocycles. The number of hydrogen-bond donors (Lipinski definition) is 4. The van der Waals surface area contributed by atoms with Gasteiger partial charge < -0.3 is 31.0 Å². The monoisotopic (exact) mass is 292 g/mol. The van der Waals surface area contributed by atoms with Gasteiger partial charge in [0.15, 0.2) is 0 Å². The second-order valence-corrected chi connectivity index (χ2v) is 5.51. The summed E-state index contributed by atoms with van der Waals surface area (Å²) in [7, 11) is 0. The van der Waals surface area contributed by atoms with Crippen LogP contribution in [0, 0.1) is 0 Å². The molecule has 1 aromatic heterocycles. The van der Waals surface area contributed by atoms with E-state index in [4.69, 9.17) is 16.2 Å². The lowest BCUT2D eigenvalue weighted by Crippen LogP contribution is -2.62. The summed E-state index contributed by atoms with van der Waals surface area (Å²) in [4.78, 5) is 4.27. The lowest BCUT2D eigenvalue weighted by Gasteiger charge is -2.39. The number of nitrogens with zero attached hydrogens (tertiary/aromatic N) is 2. The summed E-state index contributed by atoms with van der Waals surface area (Å²) in [6.07, 6.45) is -0.671. The van der Waals surface area contributed by atoms with Gasteiger partial charge in [0, 0.05) is 12.1 Å². The van der Waals surface area contributed by atoms with E-state index in [0.29, 0.717) is 6.42 Å². The number of benzene rings is 1. The predicted octanol–water partition coefficient (Wildman–Crippen LogP) is -0.841. The summed E-state index contributed by atoms with van der Waals surface area (Å²) < 4.78 is 7.54. The number of imidazole rings is 1. The molecule has 1 heterocycles. The van der Waals surface area contributed by atoms with Crippen LogP contribution in [0.5, 0.6) is 0 Å². The van der Waals surface area contributed by atoms with Crippen LogP contribution in [0.15, 0.2) is 30.6 Å². The minimum absolute atomic E-state index is 0.206. The first kappa shape index (κ1) is 14.4. The topological polar surface area (TPSA) is 120 Å². The van der Waals surface area contributed by atoms with Crippen molar-refractivity contribution in [1.82, 2.24) is 9.55 Å². The first-order valence-electron chi connectivity index (χ1n) is 6.96. The molecule has 0 spiro atoms. The number of para-hydroxylation sites is 2. The smallest absolute Gasteiger partial charge is 0.124 e. The lowest BCUT2D eigenvalue weighted by atomic mass is 9.85. The van der Waals surface area contributed by atoms with Crippen LogP contribution < -0.4 is 11.5 Å². The molecule has 0 saturated heterocycles. The van der Waals surface area contributed by atoms with Gasteiger partial charge in [-0.2, -0.15) is 0 Å². The highest BCUT2D eigenvalue weighted by Gasteiger charge is 2.41. The van der Waals surface area contributed by atoms with Crippen LogP contribution in [0.2, 0.25) is 0 Å². The zero-order valence-corrected chi connectivity index (χ0v) is 11.5. The highest BCUT2D eigenvalue weighted by atomic mass is 16.5. The van der Waals surface area contributed by atoms with Gasteiger partial charge in [-0.05, 0) is 18.6 Å². The van der Waals surface area contributed by atoms with E-state index in [1.807, 2.05) is 28.8 Å². The molecular weight excluding hydrogens is 272 g/mol. The van der Waals surface area contributed by atoms with Gasteiger partial charge in [-0.25, -0.2) is 4.98 Å². The molecule has 21 heavy (non-hydrogen) atoms. The van der Waals surface area contributed by atoms with Gasteiger partial charge in [-0.1, -0.05) is 12.1 Å². The van der Waals surface area contributed by atoms with Crippen molar-refractivity contribution in [1.29, 1.82) is 0 Å². The average Bonchev–Trinajstić information content (AvgIpc) is 2.88. The number of ether oxygens (including phenoxy) is 1. The van der Waals surface area contributed by atoms with Gasteiger partial charge in [-0.3, -0.25) is 0 Å². The Morgan fingerprint density at radius 1 is 1.19 bits per heavy atom. The first-order chi connectivity index (χ1) is 10.1. The fourth-order valence-corrected chi connectivity index (χ4v) is 2.79. The number of aliphatic hydroxyl groups is 2. The molecular formula is C14H20N4O3. The maximum Gasteiger partial charge on any atom is 0.124 e. The van der Waals surface area contributed by atoms with Crippen molar-refractivity contribution < 1.29 is 14.9 Å². The number of rotatable bonds is 3. The van der Waals surface area contributed by atoms with Crippen molar-refractivity contribution in [2.75, 3.05) is 0 Å². The number of aromatic nitrogens is 2. The van der Waals surface area contributed by atoms with Gasteiger partial charge in [0.25, 0.3) is 0 Å². The van der Waals surface area contributed by atoms with Crippen molar-refractivity contribution in [2.45, 2.75) is 43.5 Å². The number of aliphatic hydroxyl groups excluding tert-OH is 2. The molecule has 114 valence electrons. The van der Waals surface area contributed by atoms with Crippen LogP contribution in [-0.2, 0) is 11.5 Å². The average molecular weight is 292 g/mol. The van der Waals surface area contributed by atoms with Crippen LogP contribution in [0.4, 0.5) is 0 Å². The summed E-state index contributed by atoms with van der Waals surface area (Å²) in [5.41, 5.74) is 13.5. The van der Waals surface area contributed by atoms with Gasteiger partial charge in [0.2, 0.25) is 0 Å². The molecule has 1 saturated carbocycles. The number of hydrogen-bond acceptors (Lipinski definition) is 6. The zero-order valence-electron chi connectivity index (χ0n) is 11.5. The Hall–Kier alpha value is -1.51. The Bertz CT molecular complexity index is 617. The fourth-order valence-electron chi connectivity index (χ4n) is 2.79. The van der Waals surface area contributed by atoms with Gasteiger partial charge in [0.05, 0.1) is 23.5 Å². The third-order valence-electron chi connectivity index (χ3n) is 4.02. The van der Waals surface area contributed by atoms with E-state index in [1.165, 1.54) is 0 Å². The molecule has 0 amide bonds. The largest absolute Gasteiger partial charge is 0.389 e. The molecule has 1 aromatic carbocycles. The molecule has 1 aliphatic rings. The molecule has 7 heteroatoms. The zero-order chi connectivity index (χ0) is 15.0. The van der Waals surface area contributed by atoms with Crippen molar-refractivity contribution in [3.05, 3.63) is 30.6 Å². The second kappa shape index (κ2) is 5.70. The first-order valence-corrected chi connectivity index (χ1v) is 6.96. The Labute approximate surface area is 122 Å². The Kier molecular flexibility index (Phi) is 3.92. The molecule has 5 atom stereocenters. The molecule has 1 aliphatic carbocycles. The standard InChI is InChI=1S/C14H20N4O3/c15-8-5-9(16)14(13(20)12(8)19)21-7-18-6-17-10-3-1-2-4-11(10)18/h1-4,6,8-9,12-14,19-20H,5,7,15-16H2/t8-,9+,12+,13-,14-/m1/s1. The van der Waals surface area contributed by atoms with Crippen LogP contribution in [-0.4, -0.2) is 50.2 Å². The number of fused-ring (bicyclic) bond motifs is 1. The summed E-state index contributed by atoms with van der Waals surface area (Å²) in [6, 6.07) is 6.75. The van der Waals surface area contributed by atoms with Gasteiger partial charge in [0.1, 0.15) is 18.9 Å². The molecule has 0 radical (unpaired) electrons. The Balaban J connectivity index is 1.72. The van der Waals surface area contributed by atoms with Crippen LogP contribution in [0.1, 0.15) is 6.42 Å². The van der Waals surface area contributed by atoms with E-state index in [0.717, 1.165) is 11.0 Å². The van der Waals surface area contributed by atoms with E-state index in [1.54, 1.807) is 6.33 Å². The highest BCUT2D eigenvalue weighted by molar-refractivity contribution is 5.74. The molecule has 0 unspecified atom stereocenters. The summed E-state index contributed by atoms with van der Waals surface area (Å²) in [6.45, 7) is 0.206. The maximum absolute atomic E-state index is 10.1. The molecule has 6 N–H and O–H groups in total. The molecule has 3 rings (SSSR count). The van der Waals surface area contributed by atoms with Crippen molar-refractivity contribution in [3.8, 4) is 0 Å². The van der Waals surface area contributed by atoms with Crippen LogP contribution in [0.25, 0.3) is 11.0 Å². The van der Waals surface area contributed by atoms with Gasteiger partial charge in [-0.15, -0.1) is 0 Å². The summed E-state index contributed by atoms with van der Waals surface area (Å²) in [5.74, 6) is 0. The Morgan fingerprint density at radius 2 is 1.95 bits per heavy atom. The fraction of sp³-hybridized carbons (Fsp3) is 0.500. The summed E-state index contributed by atoms with van der Waals surface area (Å²) >= 11 is 0. The van der Waals surface area contributed by atoms with Crippen LogP contribution in [0.3, 0.4) is 0 Å². The molecule has 7 nitrogen and oxygen atoms in total. The summed E-state index contributed by atoms with van der Waals surface area (Å²) in [5, 5.41) is 19.9. The van der Waals surface area contributed by atoms with E-state index in [9.17, 15) is 10.2 Å². The lowest BCUT2D eigenvalue weighted by molar-refractivity contribution is -0.141.